The van der Waals surface area contributed by atoms with Crippen LogP contribution in [0.3, 0.4) is 0 Å². The largest absolute Gasteiger partial charge is 1.00 e. The van der Waals surface area contributed by atoms with Crippen molar-refractivity contribution < 1.29 is 238 Å². The summed E-state index contributed by atoms with van der Waals surface area (Å²) in [7, 11) is -21.6. The Morgan fingerprint density at radius 1 is 0.360 bits per heavy atom. The fourth-order valence-electron chi connectivity index (χ4n) is 0. The number of hydrogen-bond donors (Lipinski definition) is 0. The molecule has 0 aliphatic carbocycles. The van der Waals surface area contributed by atoms with Crippen molar-refractivity contribution in [1.29, 1.82) is 0 Å². The van der Waals surface area contributed by atoms with Crippen LogP contribution in [0.15, 0.2) is 0 Å². The van der Waals surface area contributed by atoms with Crippen molar-refractivity contribution in [2.45, 2.75) is 0 Å². The van der Waals surface area contributed by atoms with Gasteiger partial charge in [-0.05, 0) is 0 Å². The summed E-state index contributed by atoms with van der Waals surface area (Å²) in [6, 6.07) is 0. The molecule has 0 aromatic rings. The molecule has 0 N–H and O–H groups in total. The van der Waals surface area contributed by atoms with Crippen LogP contribution in [0.25, 0.3) is 0 Å². The fourth-order valence-corrected chi connectivity index (χ4v) is 0. The molecule has 25 heteroatoms. The van der Waals surface area contributed by atoms with Crippen LogP contribution in [0.4, 0.5) is 0 Å². The maximum atomic E-state index is 8.55. The smallest absolute Gasteiger partial charge is 0.822 e. The topological polar surface area (TPSA) is 345 Å². The molecule has 16 nitrogen and oxygen atoms in total. The second-order valence-corrected chi connectivity index (χ2v) is 5.37. The van der Waals surface area contributed by atoms with Gasteiger partial charge in [-0.25, -0.2) is 0 Å². The van der Waals surface area contributed by atoms with E-state index in [1.807, 2.05) is 0 Å². The third-order valence-electron chi connectivity index (χ3n) is 0. The molecule has 0 heterocycles. The number of hydrogen-bond acceptors (Lipinski definition) is 16. The van der Waals surface area contributed by atoms with Crippen LogP contribution in [-0.4, -0.2) is 0 Å². The normalized spacial score (nSPS) is 9.44. The Hall–Kier alpha value is 5.57. The average Bonchev–Trinajstić information content (AvgIpc) is 1.62. The van der Waals surface area contributed by atoms with Gasteiger partial charge in [0.05, 0.1) is 0 Å². The van der Waals surface area contributed by atoms with Gasteiger partial charge in [-0.3, -0.25) is 0 Å². The molecule has 0 saturated heterocycles. The minimum absolute atomic E-state index is 0. The van der Waals surface area contributed by atoms with E-state index in [9.17, 15) is 0 Å². The molecule has 0 amide bonds. The van der Waals surface area contributed by atoms with Crippen molar-refractivity contribution in [3.05, 3.63) is 0 Å². The zero-order valence-corrected chi connectivity index (χ0v) is 26.2. The molecule has 0 aliphatic rings. The van der Waals surface area contributed by atoms with E-state index < -0.39 is 31.3 Å². The molecule has 0 fully saturated rings. The van der Waals surface area contributed by atoms with E-state index in [0.29, 0.717) is 0 Å². The Morgan fingerprint density at radius 2 is 0.360 bits per heavy atom. The van der Waals surface area contributed by atoms with Gasteiger partial charge < -0.3 is 77.0 Å². The molecule has 0 saturated carbocycles. The maximum absolute atomic E-state index is 8.55. The van der Waals surface area contributed by atoms with Gasteiger partial charge in [0.2, 0.25) is 0 Å². The van der Waals surface area contributed by atoms with Gasteiger partial charge in [-0.15, -0.1) is 0 Å². The zero-order chi connectivity index (χ0) is 18.0. The van der Waals surface area contributed by atoms with Crippen LogP contribution < -0.4 is 161 Å². The first-order valence-corrected chi connectivity index (χ1v) is 8.76. The molecule has 0 unspecified atom stereocenters. The molecule has 0 rings (SSSR count). The van der Waals surface area contributed by atoms with E-state index in [0.717, 1.165) is 0 Å². The molecule has 0 aromatic heterocycles. The van der Waals surface area contributed by atoms with E-state index in [4.69, 9.17) is 77.0 Å². The molecule has 25 heavy (non-hydrogen) atoms. The molecule has 0 bridgehead atoms. The van der Waals surface area contributed by atoms with Gasteiger partial charge in [0.25, 0.3) is 0 Å². The monoisotopic (exact) mass is 658 g/mol. The van der Waals surface area contributed by atoms with E-state index in [1.54, 1.807) is 0 Å². The van der Waals surface area contributed by atoms with Gasteiger partial charge in [0, 0.05) is 58.2 Å². The summed E-state index contributed by atoms with van der Waals surface area (Å²) >= 11 is 0. The summed E-state index contributed by atoms with van der Waals surface area (Å²) in [5, 5.41) is 0. The van der Waals surface area contributed by atoms with Gasteiger partial charge >= 0.3 is 103 Å². The van der Waals surface area contributed by atoms with E-state index in [1.165, 1.54) is 0 Å². The van der Waals surface area contributed by atoms with Gasteiger partial charge in [-0.1, -0.05) is 0 Å². The second-order valence-electron chi connectivity index (χ2n) is 1.79. The molecule has 0 aromatic carbocycles. The van der Waals surface area contributed by atoms with Crippen LogP contribution in [0, 0.1) is 0 Å². The quantitative estimate of drug-likeness (QED) is 0.172. The summed E-state index contributed by atoms with van der Waals surface area (Å²) < 4.78 is 34.2. The van der Waals surface area contributed by atoms with E-state index >= 15 is 0 Å². The predicted octanol–water partition coefficient (Wildman–Crippen LogP) is -17.3. The molecule has 144 valence electrons. The summed E-state index contributed by atoms with van der Waals surface area (Å²) in [5.41, 5.74) is 0. The van der Waals surface area contributed by atoms with Crippen molar-refractivity contribution in [2.24, 2.45) is 0 Å². The van der Waals surface area contributed by atoms with Gasteiger partial charge in [0.1, 0.15) is 0 Å². The Kier molecular flexibility index (Phi) is 63.4. The fraction of sp³-hybridized carbons (Fsp3) is 0. The van der Waals surface area contributed by atoms with Crippen molar-refractivity contribution in [1.82, 2.24) is 0 Å². The number of phosphoric acid groups is 4. The van der Waals surface area contributed by atoms with Gasteiger partial charge in [0.15, 0.2) is 0 Å². The average molecular weight is 656 g/mol. The summed E-state index contributed by atoms with van der Waals surface area (Å²) in [4.78, 5) is 103. The minimum atomic E-state index is -5.39. The zero-order valence-electron chi connectivity index (χ0n) is 11.6. The van der Waals surface area contributed by atoms with Crippen LogP contribution >= 0.6 is 31.3 Å². The van der Waals surface area contributed by atoms with Crippen LogP contribution in [0.2, 0.25) is 0 Å². The maximum Gasteiger partial charge on any atom is 1.00 e. The first-order chi connectivity index (χ1) is 8.00. The van der Waals surface area contributed by atoms with E-state index in [2.05, 4.69) is 0 Å². The Morgan fingerprint density at radius 3 is 0.360 bits per heavy atom. The first-order valence-electron chi connectivity index (χ1n) is 2.92. The van der Waals surface area contributed by atoms with Crippen molar-refractivity contribution in [3.63, 3.8) is 0 Å². The second kappa shape index (κ2) is 27.6. The summed E-state index contributed by atoms with van der Waals surface area (Å²) in [6.45, 7) is 0. The molecule has 0 aliphatic heterocycles. The SMILES string of the molecule is O=P([O-])([O-])[O-].O=P([O-])([O-])[O-].O=P([O-])([O-])[O-].O=P([O-])([O-])[O-].[K+].[K+].[Mo].[V].[V]. The van der Waals surface area contributed by atoms with Crippen LogP contribution in [0.5, 0.6) is 0 Å². The molecular weight excluding hydrogens is 656 g/mol. The Labute approximate surface area is 263 Å². The minimum Gasteiger partial charge on any atom is -0.822 e. The first kappa shape index (κ1) is 57.5. The summed E-state index contributed by atoms with van der Waals surface area (Å²) in [6.07, 6.45) is 0. The third-order valence-corrected chi connectivity index (χ3v) is 0. The molecule has 2 radical (unpaired) electrons. The van der Waals surface area contributed by atoms with Crippen LogP contribution in [0.1, 0.15) is 0 Å². The van der Waals surface area contributed by atoms with Crippen molar-refractivity contribution >= 4 is 31.3 Å². The third kappa shape index (κ3) is 724. The van der Waals surface area contributed by atoms with Crippen LogP contribution in [-0.2, 0) is 76.4 Å². The van der Waals surface area contributed by atoms with Crippen molar-refractivity contribution in [3.8, 4) is 0 Å². The standard InChI is InChI=1S/2K.Mo.4H3O4P.2V/c;;;4*1-5(2,3)4;;/h;;;4*(H3,1,2,3,4);;/q2*+1;;;;;;;/p-12. The molecule has 0 spiro atoms. The molecular formula is K2MoO16P4V2-10. The molecule has 0 atom stereocenters. The van der Waals surface area contributed by atoms with Crippen molar-refractivity contribution in [2.75, 3.05) is 0 Å². The Balaban J connectivity index is -0.0000000183. The number of rotatable bonds is 0. The van der Waals surface area contributed by atoms with E-state index in [-0.39, 0.29) is 161 Å². The van der Waals surface area contributed by atoms with Gasteiger partial charge in [-0.2, -0.15) is 31.3 Å². The Bertz CT molecular complexity index is 305. The predicted molar refractivity (Wildman–Crippen MR) is 30.4 cm³/mol. The summed E-state index contributed by atoms with van der Waals surface area (Å²) in [5.74, 6) is 0.